The minimum absolute atomic E-state index is 0.497. The first kappa shape index (κ1) is 12.4. The summed E-state index contributed by atoms with van der Waals surface area (Å²) < 4.78 is 13.3. The van der Waals surface area contributed by atoms with Crippen molar-refractivity contribution in [2.45, 2.75) is 89.6 Å². The molecule has 3 aliphatic rings. The second kappa shape index (κ2) is 5.06. The van der Waals surface area contributed by atoms with E-state index < -0.39 is 5.67 Å². The van der Waals surface area contributed by atoms with Crippen LogP contribution in [-0.4, -0.2) is 5.67 Å². The number of unbranched alkanes of at least 4 members (excludes halogenated alkanes) is 7. The van der Waals surface area contributed by atoms with Gasteiger partial charge in [-0.05, 0) is 31.1 Å². The van der Waals surface area contributed by atoms with E-state index in [1.807, 2.05) is 0 Å². The van der Waals surface area contributed by atoms with Crippen LogP contribution in [0.15, 0.2) is 0 Å². The Bertz CT molecular complexity index is 202. The molecule has 0 radical (unpaired) electrons. The van der Waals surface area contributed by atoms with Gasteiger partial charge in [0.15, 0.2) is 0 Å². The standard InChI is InChI=1S/C15H27F/c1-2-3-4-5-6-7-8-9-10-14-11-15(16,12-14)13-14/h2-13H2,1H3. The lowest BCUT2D eigenvalue weighted by Gasteiger charge is -2.66. The van der Waals surface area contributed by atoms with Crippen LogP contribution < -0.4 is 0 Å². The zero-order valence-electron chi connectivity index (χ0n) is 10.9. The van der Waals surface area contributed by atoms with E-state index >= 15 is 0 Å². The summed E-state index contributed by atoms with van der Waals surface area (Å²) in [6.45, 7) is 2.27. The van der Waals surface area contributed by atoms with Gasteiger partial charge in [-0.15, -0.1) is 0 Å². The third kappa shape index (κ3) is 2.78. The molecule has 0 aromatic heterocycles. The Hall–Kier alpha value is -0.0700. The van der Waals surface area contributed by atoms with Gasteiger partial charge in [0, 0.05) is 0 Å². The van der Waals surface area contributed by atoms with E-state index in [2.05, 4.69) is 6.92 Å². The van der Waals surface area contributed by atoms with Crippen LogP contribution in [0.4, 0.5) is 4.39 Å². The van der Waals surface area contributed by atoms with E-state index in [1.165, 1.54) is 57.8 Å². The molecule has 0 unspecified atom stereocenters. The highest BCUT2D eigenvalue weighted by atomic mass is 19.1. The average Bonchev–Trinajstić information content (AvgIpc) is 2.17. The topological polar surface area (TPSA) is 0 Å². The molecule has 3 aliphatic carbocycles. The zero-order chi connectivity index (χ0) is 11.5. The molecule has 0 heterocycles. The van der Waals surface area contributed by atoms with Gasteiger partial charge < -0.3 is 0 Å². The number of alkyl halides is 1. The summed E-state index contributed by atoms with van der Waals surface area (Å²) in [4.78, 5) is 0. The number of hydrogen-bond donors (Lipinski definition) is 0. The first-order chi connectivity index (χ1) is 7.68. The maximum Gasteiger partial charge on any atom is 0.112 e. The molecular formula is C15H27F. The SMILES string of the molecule is CCCCCCCCCCC12CC(F)(C1)C2. The van der Waals surface area contributed by atoms with Gasteiger partial charge in [0.05, 0.1) is 0 Å². The first-order valence-electron chi connectivity index (χ1n) is 7.37. The lowest BCUT2D eigenvalue weighted by Crippen LogP contribution is -2.64. The molecule has 0 aliphatic heterocycles. The van der Waals surface area contributed by atoms with Crippen molar-refractivity contribution in [1.29, 1.82) is 0 Å². The summed E-state index contributed by atoms with van der Waals surface area (Å²) in [7, 11) is 0. The Morgan fingerprint density at radius 2 is 1.31 bits per heavy atom. The van der Waals surface area contributed by atoms with Gasteiger partial charge in [0.1, 0.15) is 5.67 Å². The highest BCUT2D eigenvalue weighted by Crippen LogP contribution is 2.71. The molecule has 0 aromatic carbocycles. The molecular weight excluding hydrogens is 199 g/mol. The van der Waals surface area contributed by atoms with Crippen molar-refractivity contribution in [1.82, 2.24) is 0 Å². The lowest BCUT2D eigenvalue weighted by atomic mass is 9.41. The molecule has 3 saturated carbocycles. The molecule has 0 spiro atoms. The first-order valence-corrected chi connectivity index (χ1v) is 7.37. The molecule has 1 heteroatoms. The van der Waals surface area contributed by atoms with Crippen molar-refractivity contribution in [3.63, 3.8) is 0 Å². The quantitative estimate of drug-likeness (QED) is 0.461. The van der Waals surface area contributed by atoms with Crippen LogP contribution >= 0.6 is 0 Å². The summed E-state index contributed by atoms with van der Waals surface area (Å²) in [5, 5.41) is 0. The molecule has 2 bridgehead atoms. The molecule has 0 saturated heterocycles. The third-order valence-corrected chi connectivity index (χ3v) is 4.64. The van der Waals surface area contributed by atoms with Crippen molar-refractivity contribution in [2.24, 2.45) is 5.41 Å². The normalized spacial score (nSPS) is 35.6. The van der Waals surface area contributed by atoms with Gasteiger partial charge in [-0.25, -0.2) is 4.39 Å². The van der Waals surface area contributed by atoms with E-state index in [0.717, 1.165) is 19.3 Å². The molecule has 94 valence electrons. The van der Waals surface area contributed by atoms with E-state index in [1.54, 1.807) is 0 Å². The van der Waals surface area contributed by atoms with Crippen molar-refractivity contribution >= 4 is 0 Å². The fourth-order valence-corrected chi connectivity index (χ4v) is 3.76. The maximum absolute atomic E-state index is 13.3. The van der Waals surface area contributed by atoms with Gasteiger partial charge in [0.25, 0.3) is 0 Å². The second-order valence-electron chi connectivity index (χ2n) is 6.41. The van der Waals surface area contributed by atoms with Crippen LogP contribution in [0.1, 0.15) is 84.0 Å². The van der Waals surface area contributed by atoms with Gasteiger partial charge in [-0.3, -0.25) is 0 Å². The lowest BCUT2D eigenvalue weighted by molar-refractivity contribution is -0.217. The van der Waals surface area contributed by atoms with E-state index in [0.29, 0.717) is 5.41 Å². The molecule has 16 heavy (non-hydrogen) atoms. The van der Waals surface area contributed by atoms with Crippen molar-refractivity contribution in [3.05, 3.63) is 0 Å². The largest absolute Gasteiger partial charge is 0.244 e. The number of halogens is 1. The summed E-state index contributed by atoms with van der Waals surface area (Å²) in [5.41, 5.74) is -0.183. The highest BCUT2D eigenvalue weighted by Gasteiger charge is 2.68. The van der Waals surface area contributed by atoms with E-state index in [-0.39, 0.29) is 0 Å². The predicted molar refractivity (Wildman–Crippen MR) is 67.4 cm³/mol. The monoisotopic (exact) mass is 226 g/mol. The second-order valence-corrected chi connectivity index (χ2v) is 6.41. The predicted octanol–water partition coefficient (Wildman–Crippen LogP) is 5.41. The molecule has 3 rings (SSSR count). The van der Waals surface area contributed by atoms with Gasteiger partial charge in [-0.1, -0.05) is 58.3 Å². The highest BCUT2D eigenvalue weighted by molar-refractivity contribution is 5.18. The fourth-order valence-electron chi connectivity index (χ4n) is 3.76. The van der Waals surface area contributed by atoms with Crippen LogP contribution in [0.5, 0.6) is 0 Å². The fraction of sp³-hybridized carbons (Fsp3) is 1.00. The van der Waals surface area contributed by atoms with Gasteiger partial charge in [0.2, 0.25) is 0 Å². The zero-order valence-corrected chi connectivity index (χ0v) is 10.9. The summed E-state index contributed by atoms with van der Waals surface area (Å²) in [6, 6.07) is 0. The Kier molecular flexibility index (Phi) is 3.92. The van der Waals surface area contributed by atoms with Crippen molar-refractivity contribution in [2.75, 3.05) is 0 Å². The molecule has 0 N–H and O–H groups in total. The molecule has 0 aromatic rings. The van der Waals surface area contributed by atoms with E-state index in [4.69, 9.17) is 0 Å². The van der Waals surface area contributed by atoms with Crippen molar-refractivity contribution in [3.8, 4) is 0 Å². The smallest absolute Gasteiger partial charge is 0.112 e. The Morgan fingerprint density at radius 3 is 1.81 bits per heavy atom. The van der Waals surface area contributed by atoms with Gasteiger partial charge >= 0.3 is 0 Å². The van der Waals surface area contributed by atoms with Gasteiger partial charge in [-0.2, -0.15) is 0 Å². The van der Waals surface area contributed by atoms with Crippen LogP contribution in [0.2, 0.25) is 0 Å². The van der Waals surface area contributed by atoms with Crippen LogP contribution in [-0.2, 0) is 0 Å². The van der Waals surface area contributed by atoms with Crippen LogP contribution in [0, 0.1) is 5.41 Å². The number of hydrogen-bond acceptors (Lipinski definition) is 0. The molecule has 0 amide bonds. The van der Waals surface area contributed by atoms with Crippen molar-refractivity contribution < 1.29 is 4.39 Å². The summed E-state index contributed by atoms with van der Waals surface area (Å²) >= 11 is 0. The van der Waals surface area contributed by atoms with Crippen LogP contribution in [0.3, 0.4) is 0 Å². The Balaban J connectivity index is 1.36. The average molecular weight is 226 g/mol. The Labute approximate surface area is 100 Å². The number of rotatable bonds is 9. The molecule has 3 fully saturated rings. The van der Waals surface area contributed by atoms with Crippen LogP contribution in [0.25, 0.3) is 0 Å². The maximum atomic E-state index is 13.3. The molecule has 0 atom stereocenters. The minimum Gasteiger partial charge on any atom is -0.244 e. The molecule has 0 nitrogen and oxygen atoms in total. The summed E-state index contributed by atoms with van der Waals surface area (Å²) in [6.07, 6.45) is 15.2. The summed E-state index contributed by atoms with van der Waals surface area (Å²) in [5.74, 6) is 0. The third-order valence-electron chi connectivity index (χ3n) is 4.64. The minimum atomic E-state index is -0.680. The van der Waals surface area contributed by atoms with E-state index in [9.17, 15) is 4.39 Å². The Morgan fingerprint density at radius 1 is 0.812 bits per heavy atom.